The van der Waals surface area contributed by atoms with E-state index in [-0.39, 0.29) is 6.10 Å². The zero-order valence-corrected chi connectivity index (χ0v) is 9.35. The molecular formula is C10H20N2O3. The lowest BCUT2D eigenvalue weighted by molar-refractivity contribution is -0.155. The number of nitrogens with zero attached hydrogens (tertiary/aromatic N) is 1. The minimum absolute atomic E-state index is 0.0431. The maximum absolute atomic E-state index is 11.4. The number of piperidine rings is 1. The third kappa shape index (κ3) is 3.77. The molecule has 0 radical (unpaired) electrons. The molecule has 0 aromatic rings. The first-order valence-corrected chi connectivity index (χ1v) is 5.33. The lowest BCUT2D eigenvalue weighted by atomic mass is 10.1. The van der Waals surface area contributed by atoms with Crippen LogP contribution in [-0.2, 0) is 9.53 Å². The smallest absolute Gasteiger partial charge is 0.325 e. The van der Waals surface area contributed by atoms with Gasteiger partial charge in [-0.2, -0.15) is 0 Å². The minimum atomic E-state index is -0.926. The fourth-order valence-corrected chi connectivity index (χ4v) is 1.54. The van der Waals surface area contributed by atoms with E-state index in [4.69, 9.17) is 15.6 Å². The first-order valence-electron chi connectivity index (χ1n) is 5.33. The standard InChI is InChI=1S/C10H20N2O3/c1-7(13)9(11)10(14)15-8-3-5-12(2)6-4-8/h7-9,13H,3-6,11H2,1-2H3. The molecule has 2 atom stereocenters. The van der Waals surface area contributed by atoms with E-state index >= 15 is 0 Å². The predicted octanol–water partition coefficient (Wildman–Crippen LogP) is -0.668. The molecule has 3 N–H and O–H groups in total. The van der Waals surface area contributed by atoms with Gasteiger partial charge in [-0.05, 0) is 26.8 Å². The summed E-state index contributed by atoms with van der Waals surface area (Å²) in [7, 11) is 2.04. The second kappa shape index (κ2) is 5.44. The number of ether oxygens (including phenoxy) is 1. The van der Waals surface area contributed by atoms with Crippen LogP contribution < -0.4 is 5.73 Å². The van der Waals surface area contributed by atoms with E-state index in [1.807, 2.05) is 7.05 Å². The van der Waals surface area contributed by atoms with Crippen LogP contribution in [0.1, 0.15) is 19.8 Å². The molecule has 1 rings (SSSR count). The Morgan fingerprint density at radius 3 is 2.53 bits per heavy atom. The molecule has 1 heterocycles. The summed E-state index contributed by atoms with van der Waals surface area (Å²) in [5.41, 5.74) is 5.47. The van der Waals surface area contributed by atoms with Crippen molar-refractivity contribution in [3.63, 3.8) is 0 Å². The Balaban J connectivity index is 2.32. The molecule has 0 bridgehead atoms. The van der Waals surface area contributed by atoms with Crippen LogP contribution in [0.25, 0.3) is 0 Å². The van der Waals surface area contributed by atoms with Crippen LogP contribution in [0, 0.1) is 0 Å². The normalized spacial score (nSPS) is 23.5. The quantitative estimate of drug-likeness (QED) is 0.612. The van der Waals surface area contributed by atoms with Crippen molar-refractivity contribution in [3.8, 4) is 0 Å². The van der Waals surface area contributed by atoms with Crippen LogP contribution in [-0.4, -0.2) is 54.4 Å². The largest absolute Gasteiger partial charge is 0.461 e. The Kier molecular flexibility index (Phi) is 4.50. The number of carbonyl (C=O) groups is 1. The number of aliphatic hydroxyl groups excluding tert-OH is 1. The van der Waals surface area contributed by atoms with E-state index in [0.717, 1.165) is 25.9 Å². The van der Waals surface area contributed by atoms with Crippen molar-refractivity contribution in [2.75, 3.05) is 20.1 Å². The van der Waals surface area contributed by atoms with Crippen molar-refractivity contribution in [3.05, 3.63) is 0 Å². The molecule has 15 heavy (non-hydrogen) atoms. The van der Waals surface area contributed by atoms with Crippen molar-refractivity contribution in [2.45, 2.75) is 38.0 Å². The van der Waals surface area contributed by atoms with Gasteiger partial charge in [0.1, 0.15) is 12.1 Å². The summed E-state index contributed by atoms with van der Waals surface area (Å²) in [4.78, 5) is 13.6. The van der Waals surface area contributed by atoms with Crippen molar-refractivity contribution in [1.82, 2.24) is 4.90 Å². The SMILES string of the molecule is CC(O)C(N)C(=O)OC1CCN(C)CC1. The highest BCUT2D eigenvalue weighted by molar-refractivity contribution is 5.76. The molecule has 0 aliphatic carbocycles. The minimum Gasteiger partial charge on any atom is -0.461 e. The molecule has 1 saturated heterocycles. The van der Waals surface area contributed by atoms with E-state index in [9.17, 15) is 4.79 Å². The van der Waals surface area contributed by atoms with Gasteiger partial charge in [-0.15, -0.1) is 0 Å². The van der Waals surface area contributed by atoms with E-state index < -0.39 is 18.1 Å². The number of hydrogen-bond donors (Lipinski definition) is 2. The molecule has 5 nitrogen and oxygen atoms in total. The van der Waals surface area contributed by atoms with Gasteiger partial charge in [0.05, 0.1) is 6.10 Å². The molecule has 1 aliphatic rings. The van der Waals surface area contributed by atoms with Crippen LogP contribution >= 0.6 is 0 Å². The van der Waals surface area contributed by atoms with Crippen molar-refractivity contribution >= 4 is 5.97 Å². The average Bonchev–Trinajstić information content (AvgIpc) is 2.20. The highest BCUT2D eigenvalue weighted by atomic mass is 16.5. The molecule has 5 heteroatoms. The zero-order chi connectivity index (χ0) is 11.4. The third-order valence-corrected chi connectivity index (χ3v) is 2.74. The molecule has 88 valence electrons. The summed E-state index contributed by atoms with van der Waals surface area (Å²) in [6.45, 7) is 3.35. The average molecular weight is 216 g/mol. The van der Waals surface area contributed by atoms with Gasteiger partial charge in [0.15, 0.2) is 0 Å². The monoisotopic (exact) mass is 216 g/mol. The zero-order valence-electron chi connectivity index (χ0n) is 9.35. The van der Waals surface area contributed by atoms with Crippen LogP contribution in [0.5, 0.6) is 0 Å². The van der Waals surface area contributed by atoms with Crippen LogP contribution in [0.15, 0.2) is 0 Å². The Morgan fingerprint density at radius 1 is 1.53 bits per heavy atom. The highest BCUT2D eigenvalue weighted by Crippen LogP contribution is 2.13. The third-order valence-electron chi connectivity index (χ3n) is 2.74. The molecule has 2 unspecified atom stereocenters. The van der Waals surface area contributed by atoms with Gasteiger partial charge in [-0.1, -0.05) is 0 Å². The first-order chi connectivity index (χ1) is 7.00. The molecule has 1 fully saturated rings. The Labute approximate surface area is 90.2 Å². The molecule has 1 aliphatic heterocycles. The maximum atomic E-state index is 11.4. The second-order valence-corrected chi connectivity index (χ2v) is 4.21. The van der Waals surface area contributed by atoms with Crippen LogP contribution in [0.2, 0.25) is 0 Å². The van der Waals surface area contributed by atoms with E-state index in [2.05, 4.69) is 4.90 Å². The topological polar surface area (TPSA) is 75.8 Å². The van der Waals surface area contributed by atoms with Crippen molar-refractivity contribution < 1.29 is 14.6 Å². The summed E-state index contributed by atoms with van der Waals surface area (Å²) in [6, 6.07) is -0.926. The first kappa shape index (κ1) is 12.4. The summed E-state index contributed by atoms with van der Waals surface area (Å²) in [5.74, 6) is -0.500. The number of rotatable bonds is 3. The molecular weight excluding hydrogens is 196 g/mol. The molecule has 0 amide bonds. The van der Waals surface area contributed by atoms with Gasteiger partial charge in [-0.3, -0.25) is 4.79 Å². The summed E-state index contributed by atoms with van der Waals surface area (Å²) >= 11 is 0. The molecule has 0 aromatic carbocycles. The van der Waals surface area contributed by atoms with Crippen LogP contribution in [0.4, 0.5) is 0 Å². The fraction of sp³-hybridized carbons (Fsp3) is 0.900. The molecule has 0 aromatic heterocycles. The Morgan fingerprint density at radius 2 is 2.07 bits per heavy atom. The highest BCUT2D eigenvalue weighted by Gasteiger charge is 2.25. The number of esters is 1. The number of carbonyl (C=O) groups excluding carboxylic acids is 1. The second-order valence-electron chi connectivity index (χ2n) is 4.21. The fourth-order valence-electron chi connectivity index (χ4n) is 1.54. The molecule has 0 saturated carbocycles. The van der Waals surface area contributed by atoms with Gasteiger partial charge in [0.25, 0.3) is 0 Å². The van der Waals surface area contributed by atoms with Gasteiger partial charge >= 0.3 is 5.97 Å². The van der Waals surface area contributed by atoms with Gasteiger partial charge < -0.3 is 20.5 Å². The Hall–Kier alpha value is -0.650. The van der Waals surface area contributed by atoms with Crippen LogP contribution in [0.3, 0.4) is 0 Å². The lowest BCUT2D eigenvalue weighted by Gasteiger charge is -2.29. The van der Waals surface area contributed by atoms with Crippen molar-refractivity contribution in [1.29, 1.82) is 0 Å². The van der Waals surface area contributed by atoms with E-state index in [1.165, 1.54) is 6.92 Å². The number of aliphatic hydroxyl groups is 1. The molecule has 0 spiro atoms. The Bertz CT molecular complexity index is 213. The van der Waals surface area contributed by atoms with E-state index in [1.54, 1.807) is 0 Å². The number of likely N-dealkylation sites (tertiary alicyclic amines) is 1. The summed E-state index contributed by atoms with van der Waals surface area (Å²) in [5, 5.41) is 9.13. The van der Waals surface area contributed by atoms with Gasteiger partial charge in [-0.25, -0.2) is 0 Å². The summed E-state index contributed by atoms with van der Waals surface area (Å²) in [6.07, 6.45) is 0.783. The number of nitrogens with two attached hydrogens (primary N) is 1. The summed E-state index contributed by atoms with van der Waals surface area (Å²) < 4.78 is 5.21. The number of hydrogen-bond acceptors (Lipinski definition) is 5. The van der Waals surface area contributed by atoms with Crippen molar-refractivity contribution in [2.24, 2.45) is 5.73 Å². The van der Waals surface area contributed by atoms with Gasteiger partial charge in [0, 0.05) is 13.1 Å². The van der Waals surface area contributed by atoms with Gasteiger partial charge in [0.2, 0.25) is 0 Å². The maximum Gasteiger partial charge on any atom is 0.325 e. The predicted molar refractivity (Wildman–Crippen MR) is 56.3 cm³/mol. The van der Waals surface area contributed by atoms with E-state index in [0.29, 0.717) is 0 Å². The lowest BCUT2D eigenvalue weighted by Crippen LogP contribution is -2.44.